The molecule has 0 amide bonds. The van der Waals surface area contributed by atoms with E-state index >= 15 is 0 Å². The zero-order valence-electron chi connectivity index (χ0n) is 12.8. The van der Waals surface area contributed by atoms with Crippen LogP contribution in [0, 0.1) is 0 Å². The second-order valence-corrected chi connectivity index (χ2v) is 7.45. The van der Waals surface area contributed by atoms with Gasteiger partial charge in [-0.15, -0.1) is 0 Å². The lowest BCUT2D eigenvalue weighted by molar-refractivity contribution is 0.230. The van der Waals surface area contributed by atoms with Crippen molar-refractivity contribution in [2.45, 2.75) is 38.8 Å². The van der Waals surface area contributed by atoms with Gasteiger partial charge in [0.05, 0.1) is 12.5 Å². The highest BCUT2D eigenvalue weighted by molar-refractivity contribution is 7.86. The lowest BCUT2D eigenvalue weighted by Crippen LogP contribution is -2.52. The highest BCUT2D eigenvalue weighted by Crippen LogP contribution is 2.22. The Morgan fingerprint density at radius 1 is 1.48 bits per heavy atom. The first-order valence-corrected chi connectivity index (χ1v) is 8.90. The quantitative estimate of drug-likeness (QED) is 0.826. The average molecular weight is 315 g/mol. The Morgan fingerprint density at radius 3 is 2.95 bits per heavy atom. The van der Waals surface area contributed by atoms with Crippen molar-refractivity contribution < 1.29 is 12.8 Å². The number of likely N-dealkylation sites (N-methyl/N-ethyl adjacent to an activating group) is 1. The van der Waals surface area contributed by atoms with Crippen LogP contribution in [-0.2, 0) is 16.8 Å². The topological polar surface area (TPSA) is 65.8 Å². The van der Waals surface area contributed by atoms with E-state index in [0.717, 1.165) is 37.9 Å². The second kappa shape index (κ2) is 7.40. The number of furan rings is 1. The van der Waals surface area contributed by atoms with Gasteiger partial charge in [0.1, 0.15) is 0 Å². The molecule has 0 bridgehead atoms. The molecule has 6 nitrogen and oxygen atoms in total. The molecule has 1 aliphatic heterocycles. The first kappa shape index (κ1) is 16.5. The van der Waals surface area contributed by atoms with Crippen molar-refractivity contribution in [1.29, 1.82) is 0 Å². The first-order valence-electron chi connectivity index (χ1n) is 7.50. The van der Waals surface area contributed by atoms with Crippen molar-refractivity contribution in [2.24, 2.45) is 0 Å². The van der Waals surface area contributed by atoms with Crippen LogP contribution in [0.25, 0.3) is 0 Å². The molecule has 0 spiro atoms. The van der Waals surface area contributed by atoms with E-state index in [2.05, 4.69) is 5.32 Å². The zero-order chi connectivity index (χ0) is 15.3. The summed E-state index contributed by atoms with van der Waals surface area (Å²) < 4.78 is 33.6. The van der Waals surface area contributed by atoms with E-state index in [-0.39, 0.29) is 6.04 Å². The van der Waals surface area contributed by atoms with Gasteiger partial charge in [0.25, 0.3) is 10.2 Å². The summed E-state index contributed by atoms with van der Waals surface area (Å²) in [5.74, 6) is 0. The van der Waals surface area contributed by atoms with Crippen molar-refractivity contribution in [3.63, 3.8) is 0 Å². The molecular formula is C14H25N3O3S. The molecule has 7 heteroatoms. The molecule has 2 rings (SSSR count). The number of hydrogen-bond donors (Lipinski definition) is 1. The molecular weight excluding hydrogens is 290 g/mol. The van der Waals surface area contributed by atoms with Gasteiger partial charge in [0.2, 0.25) is 0 Å². The third-order valence-corrected chi connectivity index (χ3v) is 5.87. The minimum absolute atomic E-state index is 0.0514. The van der Waals surface area contributed by atoms with Gasteiger partial charge >= 0.3 is 0 Å². The Labute approximate surface area is 127 Å². The summed E-state index contributed by atoms with van der Waals surface area (Å²) in [7, 11) is -1.81. The highest BCUT2D eigenvalue weighted by atomic mass is 32.2. The monoisotopic (exact) mass is 315 g/mol. The number of piperidine rings is 1. The maximum absolute atomic E-state index is 12.8. The van der Waals surface area contributed by atoms with Gasteiger partial charge in [0, 0.05) is 38.3 Å². The molecule has 1 aromatic rings. The SMILES string of the molecule is CCNCC1CCCCN1S(=O)(=O)N(C)Cc1ccoc1. The van der Waals surface area contributed by atoms with Crippen molar-refractivity contribution in [2.75, 3.05) is 26.7 Å². The summed E-state index contributed by atoms with van der Waals surface area (Å²) >= 11 is 0. The van der Waals surface area contributed by atoms with E-state index in [9.17, 15) is 8.42 Å². The van der Waals surface area contributed by atoms with Crippen molar-refractivity contribution in [1.82, 2.24) is 13.9 Å². The lowest BCUT2D eigenvalue weighted by Gasteiger charge is -2.37. The molecule has 0 aromatic carbocycles. The van der Waals surface area contributed by atoms with Crippen LogP contribution in [0.4, 0.5) is 0 Å². The molecule has 1 aromatic heterocycles. The van der Waals surface area contributed by atoms with Crippen LogP contribution >= 0.6 is 0 Å². The van der Waals surface area contributed by atoms with Crippen molar-refractivity contribution in [3.8, 4) is 0 Å². The summed E-state index contributed by atoms with van der Waals surface area (Å²) in [5, 5.41) is 3.26. The molecule has 0 aliphatic carbocycles. The van der Waals surface area contributed by atoms with Gasteiger partial charge in [-0.3, -0.25) is 0 Å². The molecule has 120 valence electrons. The number of hydrogen-bond acceptors (Lipinski definition) is 4. The van der Waals surface area contributed by atoms with Crippen LogP contribution in [0.15, 0.2) is 23.0 Å². The number of nitrogens with zero attached hydrogens (tertiary/aromatic N) is 2. The Kier molecular flexibility index (Phi) is 5.80. The van der Waals surface area contributed by atoms with E-state index in [1.807, 2.05) is 6.92 Å². The van der Waals surface area contributed by atoms with Crippen molar-refractivity contribution >= 4 is 10.2 Å². The van der Waals surface area contributed by atoms with Crippen molar-refractivity contribution in [3.05, 3.63) is 24.2 Å². The van der Waals surface area contributed by atoms with Crippen LogP contribution in [-0.4, -0.2) is 49.8 Å². The predicted molar refractivity (Wildman–Crippen MR) is 82.0 cm³/mol. The first-order chi connectivity index (χ1) is 10.1. The molecule has 1 atom stereocenters. The standard InChI is InChI=1S/C14H25N3O3S/c1-3-15-10-14-6-4-5-8-17(14)21(18,19)16(2)11-13-7-9-20-12-13/h7,9,12,14-15H,3-6,8,10-11H2,1-2H3. The summed E-state index contributed by atoms with van der Waals surface area (Å²) in [4.78, 5) is 0. The lowest BCUT2D eigenvalue weighted by atomic mass is 10.1. The Hall–Kier alpha value is -0.890. The van der Waals surface area contributed by atoms with Crippen LogP contribution < -0.4 is 5.32 Å². The highest BCUT2D eigenvalue weighted by Gasteiger charge is 2.34. The maximum Gasteiger partial charge on any atom is 0.282 e. The average Bonchev–Trinajstić information content (AvgIpc) is 2.98. The zero-order valence-corrected chi connectivity index (χ0v) is 13.6. The summed E-state index contributed by atoms with van der Waals surface area (Å²) in [6.07, 6.45) is 6.09. The molecule has 1 saturated heterocycles. The molecule has 0 saturated carbocycles. The summed E-state index contributed by atoms with van der Waals surface area (Å²) in [5.41, 5.74) is 0.862. The number of nitrogens with one attached hydrogen (secondary N) is 1. The Bertz CT molecular complexity index is 516. The van der Waals surface area contributed by atoms with Gasteiger partial charge < -0.3 is 9.73 Å². The summed E-state index contributed by atoms with van der Waals surface area (Å²) in [6, 6.07) is 1.84. The third-order valence-electron chi connectivity index (χ3n) is 3.88. The molecule has 1 unspecified atom stereocenters. The van der Waals surface area contributed by atoms with Gasteiger partial charge in [-0.05, 0) is 25.5 Å². The van der Waals surface area contributed by atoms with Gasteiger partial charge in [-0.25, -0.2) is 0 Å². The maximum atomic E-state index is 12.8. The van der Waals surface area contributed by atoms with Crippen LogP contribution in [0.2, 0.25) is 0 Å². The second-order valence-electron chi connectivity index (χ2n) is 5.46. The molecule has 2 heterocycles. The fourth-order valence-corrected chi connectivity index (χ4v) is 4.28. The summed E-state index contributed by atoms with van der Waals surface area (Å²) in [6.45, 7) is 4.55. The molecule has 21 heavy (non-hydrogen) atoms. The normalized spacial score (nSPS) is 21.0. The van der Waals surface area contributed by atoms with E-state index in [4.69, 9.17) is 4.42 Å². The Morgan fingerprint density at radius 2 is 2.29 bits per heavy atom. The molecule has 1 aliphatic rings. The van der Waals surface area contributed by atoms with E-state index in [0.29, 0.717) is 13.1 Å². The number of rotatable bonds is 7. The largest absolute Gasteiger partial charge is 0.472 e. The van der Waals surface area contributed by atoms with Crippen LogP contribution in [0.5, 0.6) is 0 Å². The van der Waals surface area contributed by atoms with Gasteiger partial charge in [0.15, 0.2) is 0 Å². The molecule has 0 radical (unpaired) electrons. The minimum Gasteiger partial charge on any atom is -0.472 e. The Balaban J connectivity index is 2.07. The minimum atomic E-state index is -3.43. The van der Waals surface area contributed by atoms with E-state index in [1.165, 1.54) is 4.31 Å². The fourth-order valence-electron chi connectivity index (χ4n) is 2.69. The third kappa shape index (κ3) is 4.06. The molecule has 1 N–H and O–H groups in total. The fraction of sp³-hybridized carbons (Fsp3) is 0.714. The van der Waals surface area contributed by atoms with Crippen LogP contribution in [0.1, 0.15) is 31.7 Å². The smallest absolute Gasteiger partial charge is 0.282 e. The van der Waals surface area contributed by atoms with Crippen LogP contribution in [0.3, 0.4) is 0 Å². The van der Waals surface area contributed by atoms with E-state index < -0.39 is 10.2 Å². The molecule has 1 fully saturated rings. The van der Waals surface area contributed by atoms with E-state index in [1.54, 1.807) is 29.9 Å². The van der Waals surface area contributed by atoms with Gasteiger partial charge in [-0.1, -0.05) is 13.3 Å². The predicted octanol–water partition coefficient (Wildman–Crippen LogP) is 1.42. The van der Waals surface area contributed by atoms with Gasteiger partial charge in [-0.2, -0.15) is 17.0 Å².